The van der Waals surface area contributed by atoms with E-state index >= 15 is 0 Å². The normalized spacial score (nSPS) is 11.3. The first kappa shape index (κ1) is 15.4. The van der Waals surface area contributed by atoms with Crippen molar-refractivity contribution in [2.45, 2.75) is 13.0 Å². The van der Waals surface area contributed by atoms with Gasteiger partial charge in [-0.15, -0.1) is 0 Å². The maximum atomic E-state index is 12.1. The van der Waals surface area contributed by atoms with E-state index in [2.05, 4.69) is 5.32 Å². The number of hydrogen-bond donors (Lipinski definition) is 1. The summed E-state index contributed by atoms with van der Waals surface area (Å²) in [5.74, 6) is -0.845. The van der Waals surface area contributed by atoms with Crippen LogP contribution in [0.4, 0.5) is 5.69 Å². The minimum atomic E-state index is -0.873. The molecule has 0 saturated carbocycles. The molecule has 5 nitrogen and oxygen atoms in total. The predicted octanol–water partition coefficient (Wildman–Crippen LogP) is 2.68. The Hall–Kier alpha value is -2.95. The topological polar surface area (TPSA) is 72.5 Å². The largest absolute Gasteiger partial charge is 0.451 e. The summed E-state index contributed by atoms with van der Waals surface area (Å²) in [5.41, 5.74) is 1.37. The van der Waals surface area contributed by atoms with Crippen molar-refractivity contribution in [3.05, 3.63) is 65.7 Å². The molecule has 0 aliphatic rings. The molecular weight excluding hydrogens is 282 g/mol. The molecule has 1 unspecified atom stereocenters. The van der Waals surface area contributed by atoms with Crippen molar-refractivity contribution < 1.29 is 19.1 Å². The van der Waals surface area contributed by atoms with E-state index in [4.69, 9.17) is 4.74 Å². The van der Waals surface area contributed by atoms with Crippen molar-refractivity contribution in [1.29, 1.82) is 0 Å². The van der Waals surface area contributed by atoms with Crippen molar-refractivity contribution in [1.82, 2.24) is 0 Å². The first-order valence-corrected chi connectivity index (χ1v) is 6.72. The van der Waals surface area contributed by atoms with Crippen LogP contribution in [0.3, 0.4) is 0 Å². The van der Waals surface area contributed by atoms with E-state index < -0.39 is 12.1 Å². The number of benzene rings is 2. The highest BCUT2D eigenvalue weighted by molar-refractivity contribution is 6.01. The van der Waals surface area contributed by atoms with Crippen molar-refractivity contribution in [2.24, 2.45) is 0 Å². The van der Waals surface area contributed by atoms with E-state index in [-0.39, 0.29) is 5.78 Å². The van der Waals surface area contributed by atoms with Crippen molar-refractivity contribution in [2.75, 3.05) is 5.32 Å². The number of carbonyl (C=O) groups excluding carboxylic acids is 3. The lowest BCUT2D eigenvalue weighted by Gasteiger charge is -2.12. The summed E-state index contributed by atoms with van der Waals surface area (Å²) in [6, 6.07) is 14.9. The Morgan fingerprint density at radius 2 is 1.64 bits per heavy atom. The average Bonchev–Trinajstić information content (AvgIpc) is 2.55. The second kappa shape index (κ2) is 7.17. The van der Waals surface area contributed by atoms with Gasteiger partial charge in [0.1, 0.15) is 0 Å². The van der Waals surface area contributed by atoms with Crippen molar-refractivity contribution in [3.63, 3.8) is 0 Å². The summed E-state index contributed by atoms with van der Waals surface area (Å²) in [6.45, 7) is 1.54. The molecule has 0 radical (unpaired) electrons. The predicted molar refractivity (Wildman–Crippen MR) is 81.8 cm³/mol. The van der Waals surface area contributed by atoms with E-state index in [9.17, 15) is 14.4 Å². The number of anilines is 1. The molecule has 1 amide bonds. The van der Waals surface area contributed by atoms with Crippen LogP contribution in [-0.2, 0) is 9.53 Å². The quantitative estimate of drug-likeness (QED) is 0.505. The lowest BCUT2D eigenvalue weighted by atomic mass is 10.1. The molecule has 1 atom stereocenters. The monoisotopic (exact) mass is 297 g/mol. The third kappa shape index (κ3) is 3.79. The number of Topliss-reactive ketones (excluding diaryl/α,β-unsaturated/α-hetero) is 1. The smallest absolute Gasteiger partial charge is 0.338 e. The van der Waals surface area contributed by atoms with Gasteiger partial charge in [0.15, 0.2) is 6.10 Å². The number of nitrogens with one attached hydrogen (secondary N) is 1. The molecule has 0 bridgehead atoms. The number of ether oxygens (including phenoxy) is 1. The summed E-state index contributed by atoms with van der Waals surface area (Å²) in [7, 11) is 0. The molecule has 2 aromatic rings. The Morgan fingerprint density at radius 1 is 1.00 bits per heavy atom. The van der Waals surface area contributed by atoms with Gasteiger partial charge in [0.25, 0.3) is 0 Å². The van der Waals surface area contributed by atoms with Gasteiger partial charge >= 0.3 is 5.97 Å². The van der Waals surface area contributed by atoms with E-state index in [1.165, 1.54) is 19.1 Å². The molecule has 0 fully saturated rings. The van der Waals surface area contributed by atoms with Gasteiger partial charge in [-0.05, 0) is 31.2 Å². The summed E-state index contributed by atoms with van der Waals surface area (Å²) >= 11 is 0. The lowest BCUT2D eigenvalue weighted by Crippen LogP contribution is -2.24. The Balaban J connectivity index is 2.01. The Kier molecular flexibility index (Phi) is 5.03. The zero-order valence-electron chi connectivity index (χ0n) is 12.0. The Labute approximate surface area is 127 Å². The van der Waals surface area contributed by atoms with Gasteiger partial charge in [0, 0.05) is 11.3 Å². The molecule has 0 aliphatic heterocycles. The molecule has 2 aromatic carbocycles. The molecule has 22 heavy (non-hydrogen) atoms. The standard InChI is InChI=1S/C17H15NO4/c1-12(16(20)13-5-3-2-4-6-13)22-17(21)14-7-9-15(10-8-14)18-11-19/h2-12H,1H3,(H,18,19). The molecule has 0 spiro atoms. The van der Waals surface area contributed by atoms with E-state index in [1.807, 2.05) is 6.07 Å². The van der Waals surface area contributed by atoms with Crippen LogP contribution >= 0.6 is 0 Å². The fourth-order valence-corrected chi connectivity index (χ4v) is 1.89. The number of rotatable bonds is 6. The average molecular weight is 297 g/mol. The molecular formula is C17H15NO4. The number of ketones is 1. The summed E-state index contributed by atoms with van der Waals surface area (Å²) in [6.07, 6.45) is -0.323. The van der Waals surface area contributed by atoms with Crippen LogP contribution in [0, 0.1) is 0 Å². The van der Waals surface area contributed by atoms with Gasteiger partial charge in [-0.1, -0.05) is 30.3 Å². The third-order valence-electron chi connectivity index (χ3n) is 3.06. The molecule has 0 aromatic heterocycles. The van der Waals surface area contributed by atoms with Crippen LogP contribution in [0.2, 0.25) is 0 Å². The maximum absolute atomic E-state index is 12.1. The van der Waals surface area contributed by atoms with Crippen LogP contribution in [-0.4, -0.2) is 24.3 Å². The van der Waals surface area contributed by atoms with Crippen LogP contribution in [0.1, 0.15) is 27.6 Å². The zero-order valence-corrected chi connectivity index (χ0v) is 12.0. The molecule has 1 N–H and O–H groups in total. The first-order chi connectivity index (χ1) is 10.6. The fraction of sp³-hybridized carbons (Fsp3) is 0.118. The molecule has 5 heteroatoms. The summed E-state index contributed by atoms with van der Waals surface area (Å²) in [5, 5.41) is 2.47. The van der Waals surface area contributed by atoms with Gasteiger partial charge in [0.2, 0.25) is 12.2 Å². The van der Waals surface area contributed by atoms with Gasteiger partial charge in [-0.2, -0.15) is 0 Å². The second-order valence-electron chi connectivity index (χ2n) is 4.62. The Morgan fingerprint density at radius 3 is 2.23 bits per heavy atom. The number of hydrogen-bond acceptors (Lipinski definition) is 4. The third-order valence-corrected chi connectivity index (χ3v) is 3.06. The zero-order chi connectivity index (χ0) is 15.9. The summed E-state index contributed by atoms with van der Waals surface area (Å²) in [4.78, 5) is 34.4. The minimum absolute atomic E-state index is 0.256. The van der Waals surface area contributed by atoms with Crippen molar-refractivity contribution in [3.8, 4) is 0 Å². The van der Waals surface area contributed by atoms with E-state index in [1.54, 1.807) is 36.4 Å². The highest BCUT2D eigenvalue weighted by Gasteiger charge is 2.20. The van der Waals surface area contributed by atoms with Gasteiger partial charge in [0.05, 0.1) is 5.56 Å². The van der Waals surface area contributed by atoms with Crippen LogP contribution < -0.4 is 5.32 Å². The summed E-state index contributed by atoms with van der Waals surface area (Å²) < 4.78 is 5.17. The van der Waals surface area contributed by atoms with Crippen LogP contribution in [0.15, 0.2) is 54.6 Å². The van der Waals surface area contributed by atoms with Crippen LogP contribution in [0.5, 0.6) is 0 Å². The highest BCUT2D eigenvalue weighted by atomic mass is 16.5. The van der Waals surface area contributed by atoms with Gasteiger partial charge < -0.3 is 10.1 Å². The van der Waals surface area contributed by atoms with Gasteiger partial charge in [-0.3, -0.25) is 9.59 Å². The maximum Gasteiger partial charge on any atom is 0.338 e. The highest BCUT2D eigenvalue weighted by Crippen LogP contribution is 2.12. The van der Waals surface area contributed by atoms with Crippen molar-refractivity contribution >= 4 is 23.9 Å². The molecule has 0 saturated heterocycles. The Bertz CT molecular complexity index is 665. The molecule has 0 heterocycles. The van der Waals surface area contributed by atoms with Gasteiger partial charge in [-0.25, -0.2) is 4.79 Å². The number of amides is 1. The second-order valence-corrected chi connectivity index (χ2v) is 4.62. The number of carbonyl (C=O) groups is 3. The minimum Gasteiger partial charge on any atom is -0.451 e. The fourth-order valence-electron chi connectivity index (χ4n) is 1.89. The van der Waals surface area contributed by atoms with E-state index in [0.29, 0.717) is 23.2 Å². The number of esters is 1. The first-order valence-electron chi connectivity index (χ1n) is 6.72. The SMILES string of the molecule is CC(OC(=O)c1ccc(NC=O)cc1)C(=O)c1ccccc1. The van der Waals surface area contributed by atoms with Crippen LogP contribution in [0.25, 0.3) is 0 Å². The molecule has 2 rings (SSSR count). The molecule has 112 valence electrons. The van der Waals surface area contributed by atoms with E-state index in [0.717, 1.165) is 0 Å². The lowest BCUT2D eigenvalue weighted by molar-refractivity contribution is -0.105. The molecule has 0 aliphatic carbocycles.